The Labute approximate surface area is 156 Å². The van der Waals surface area contributed by atoms with Crippen molar-refractivity contribution in [2.45, 2.75) is 25.3 Å². The summed E-state index contributed by atoms with van der Waals surface area (Å²) in [5, 5.41) is 4.02. The van der Waals surface area contributed by atoms with Gasteiger partial charge in [-0.1, -0.05) is 41.7 Å². The second kappa shape index (κ2) is 6.70. The Balaban J connectivity index is 1.56. The van der Waals surface area contributed by atoms with Gasteiger partial charge in [0.2, 0.25) is 5.91 Å². The van der Waals surface area contributed by atoms with Gasteiger partial charge in [-0.3, -0.25) is 4.79 Å². The van der Waals surface area contributed by atoms with E-state index in [2.05, 4.69) is 10.2 Å². The zero-order valence-corrected chi connectivity index (χ0v) is 15.6. The molecule has 1 amide bonds. The van der Waals surface area contributed by atoms with E-state index in [-0.39, 0.29) is 5.91 Å². The van der Waals surface area contributed by atoms with Crippen molar-refractivity contribution < 1.29 is 4.79 Å². The second-order valence-electron chi connectivity index (χ2n) is 6.90. The molecule has 0 bridgehead atoms. The molecule has 0 radical (unpaired) electrons. The molecule has 134 valence electrons. The van der Waals surface area contributed by atoms with Crippen molar-refractivity contribution in [1.29, 1.82) is 0 Å². The lowest BCUT2D eigenvalue weighted by atomic mass is 9.92. The number of hydrogen-bond acceptors (Lipinski definition) is 5. The zero-order chi connectivity index (χ0) is 18.1. The number of thiazole rings is 1. The molecule has 26 heavy (non-hydrogen) atoms. The summed E-state index contributed by atoms with van der Waals surface area (Å²) in [5.41, 5.74) is 7.70. The maximum absolute atomic E-state index is 12.7. The van der Waals surface area contributed by atoms with Crippen LogP contribution >= 0.6 is 11.3 Å². The predicted molar refractivity (Wildman–Crippen MR) is 108 cm³/mol. The van der Waals surface area contributed by atoms with Crippen LogP contribution < -0.4 is 16.0 Å². The van der Waals surface area contributed by atoms with Crippen LogP contribution in [0.15, 0.2) is 48.5 Å². The van der Waals surface area contributed by atoms with E-state index in [4.69, 9.17) is 10.7 Å². The third kappa shape index (κ3) is 3.18. The van der Waals surface area contributed by atoms with Crippen LogP contribution in [0.1, 0.15) is 25.3 Å². The number of amides is 1. The van der Waals surface area contributed by atoms with Crippen LogP contribution in [0.4, 0.5) is 10.8 Å². The van der Waals surface area contributed by atoms with Crippen molar-refractivity contribution in [3.8, 4) is 0 Å². The summed E-state index contributed by atoms with van der Waals surface area (Å²) >= 11 is 1.67. The number of benzene rings is 2. The summed E-state index contributed by atoms with van der Waals surface area (Å²) in [4.78, 5) is 19.8. The number of hydrogen-bond donors (Lipinski definition) is 2. The minimum absolute atomic E-state index is 0.229. The van der Waals surface area contributed by atoms with Gasteiger partial charge in [-0.15, -0.1) is 0 Å². The Morgan fingerprint density at radius 3 is 2.65 bits per heavy atom. The molecule has 1 fully saturated rings. The van der Waals surface area contributed by atoms with E-state index in [1.807, 2.05) is 48.5 Å². The molecular formula is C20H22N4OS. The number of fused-ring (bicyclic) bond motifs is 1. The highest BCUT2D eigenvalue weighted by molar-refractivity contribution is 7.22. The molecule has 5 nitrogen and oxygen atoms in total. The first-order chi connectivity index (χ1) is 12.5. The molecule has 1 atom stereocenters. The number of rotatable bonds is 4. The van der Waals surface area contributed by atoms with E-state index < -0.39 is 5.54 Å². The molecule has 0 spiro atoms. The summed E-state index contributed by atoms with van der Waals surface area (Å²) < 4.78 is 1.07. The highest BCUT2D eigenvalue weighted by Crippen LogP contribution is 2.32. The molecular weight excluding hydrogens is 344 g/mol. The summed E-state index contributed by atoms with van der Waals surface area (Å²) in [6.45, 7) is 3.88. The Morgan fingerprint density at radius 2 is 1.92 bits per heavy atom. The van der Waals surface area contributed by atoms with Crippen LogP contribution in [0.3, 0.4) is 0 Å². The summed E-state index contributed by atoms with van der Waals surface area (Å²) in [6.07, 6.45) is 2.46. The molecule has 1 aliphatic heterocycles. The maximum atomic E-state index is 12.7. The molecule has 1 unspecified atom stereocenters. The van der Waals surface area contributed by atoms with Gasteiger partial charge in [0, 0.05) is 18.8 Å². The standard InChI is InChI=1S/C20H22N4OS/c1-20(21,14-7-3-2-4-8-14)18(25)22-15-9-10-16-17(13-15)26-19(23-16)24-11-5-6-12-24/h2-4,7-10,13H,5-6,11-12,21H2,1H3,(H,22,25). The molecule has 0 aliphatic carbocycles. The number of aromatic nitrogens is 1. The molecule has 3 N–H and O–H groups in total. The predicted octanol–water partition coefficient (Wildman–Crippen LogP) is 3.71. The first-order valence-corrected chi connectivity index (χ1v) is 9.67. The fraction of sp³-hybridized carbons (Fsp3) is 0.300. The van der Waals surface area contributed by atoms with Crippen LogP contribution in [0, 0.1) is 0 Å². The summed E-state index contributed by atoms with van der Waals surface area (Å²) in [6, 6.07) is 15.2. The monoisotopic (exact) mass is 366 g/mol. The first-order valence-electron chi connectivity index (χ1n) is 8.85. The lowest BCUT2D eigenvalue weighted by molar-refractivity contribution is -0.120. The fourth-order valence-electron chi connectivity index (χ4n) is 3.21. The van der Waals surface area contributed by atoms with Crippen LogP contribution in [0.2, 0.25) is 0 Å². The molecule has 1 aliphatic rings. The van der Waals surface area contributed by atoms with Crippen molar-refractivity contribution in [2.75, 3.05) is 23.3 Å². The lowest BCUT2D eigenvalue weighted by Crippen LogP contribution is -2.45. The number of nitrogens with zero attached hydrogens (tertiary/aromatic N) is 2. The highest BCUT2D eigenvalue weighted by Gasteiger charge is 2.30. The molecule has 1 aromatic heterocycles. The average molecular weight is 366 g/mol. The van der Waals surface area contributed by atoms with Crippen LogP contribution in [-0.2, 0) is 10.3 Å². The summed E-state index contributed by atoms with van der Waals surface area (Å²) in [7, 11) is 0. The number of nitrogens with two attached hydrogens (primary N) is 1. The fourth-order valence-corrected chi connectivity index (χ4v) is 4.27. The molecule has 2 heterocycles. The van der Waals surface area contributed by atoms with Gasteiger partial charge in [-0.2, -0.15) is 0 Å². The Bertz CT molecular complexity index is 929. The topological polar surface area (TPSA) is 71.2 Å². The van der Waals surface area contributed by atoms with Crippen LogP contribution in [-0.4, -0.2) is 24.0 Å². The summed E-state index contributed by atoms with van der Waals surface area (Å²) in [5.74, 6) is -0.229. The zero-order valence-electron chi connectivity index (χ0n) is 14.7. The maximum Gasteiger partial charge on any atom is 0.248 e. The van der Waals surface area contributed by atoms with Gasteiger partial charge in [-0.05, 0) is 43.5 Å². The Kier molecular flexibility index (Phi) is 4.38. The molecule has 4 rings (SSSR count). The van der Waals surface area contributed by atoms with Crippen molar-refractivity contribution in [3.05, 3.63) is 54.1 Å². The normalized spacial score (nSPS) is 16.6. The third-order valence-corrected chi connectivity index (χ3v) is 5.94. The van der Waals surface area contributed by atoms with Crippen molar-refractivity contribution in [3.63, 3.8) is 0 Å². The van der Waals surface area contributed by atoms with E-state index in [1.54, 1.807) is 18.3 Å². The van der Waals surface area contributed by atoms with E-state index in [0.29, 0.717) is 0 Å². The number of carbonyl (C=O) groups is 1. The van der Waals surface area contributed by atoms with Crippen LogP contribution in [0.5, 0.6) is 0 Å². The Hall–Kier alpha value is -2.44. The number of anilines is 2. The van der Waals surface area contributed by atoms with Crippen molar-refractivity contribution in [2.24, 2.45) is 5.73 Å². The largest absolute Gasteiger partial charge is 0.348 e. The SMILES string of the molecule is CC(N)(C(=O)Nc1ccc2nc(N3CCCC3)sc2c1)c1ccccc1. The minimum atomic E-state index is -1.09. The molecule has 3 aromatic rings. The third-order valence-electron chi connectivity index (χ3n) is 4.86. The smallest absolute Gasteiger partial charge is 0.248 e. The van der Waals surface area contributed by atoms with Gasteiger partial charge >= 0.3 is 0 Å². The van der Waals surface area contributed by atoms with Crippen molar-refractivity contribution >= 4 is 38.3 Å². The van der Waals surface area contributed by atoms with Gasteiger partial charge in [-0.25, -0.2) is 4.98 Å². The van der Waals surface area contributed by atoms with Gasteiger partial charge in [0.15, 0.2) is 5.13 Å². The Morgan fingerprint density at radius 1 is 1.19 bits per heavy atom. The van der Waals surface area contributed by atoms with Crippen LogP contribution in [0.25, 0.3) is 10.2 Å². The molecule has 0 saturated carbocycles. The average Bonchev–Trinajstić information content (AvgIpc) is 3.31. The van der Waals surface area contributed by atoms with E-state index in [1.165, 1.54) is 12.8 Å². The van der Waals surface area contributed by atoms with Crippen molar-refractivity contribution in [1.82, 2.24) is 4.98 Å². The molecule has 2 aromatic carbocycles. The van der Waals surface area contributed by atoms with E-state index in [9.17, 15) is 4.79 Å². The quantitative estimate of drug-likeness (QED) is 0.738. The number of nitrogens with one attached hydrogen (secondary N) is 1. The second-order valence-corrected chi connectivity index (χ2v) is 7.90. The molecule has 6 heteroatoms. The molecule has 1 saturated heterocycles. The van der Waals surface area contributed by atoms with E-state index >= 15 is 0 Å². The van der Waals surface area contributed by atoms with Gasteiger partial charge in [0.1, 0.15) is 5.54 Å². The van der Waals surface area contributed by atoms with E-state index in [0.717, 1.165) is 39.7 Å². The number of carbonyl (C=O) groups excluding carboxylic acids is 1. The minimum Gasteiger partial charge on any atom is -0.348 e. The highest BCUT2D eigenvalue weighted by atomic mass is 32.1. The van der Waals surface area contributed by atoms with Gasteiger partial charge in [0.05, 0.1) is 10.2 Å². The van der Waals surface area contributed by atoms with Gasteiger partial charge < -0.3 is 16.0 Å². The first kappa shape index (κ1) is 17.0. The van der Waals surface area contributed by atoms with Gasteiger partial charge in [0.25, 0.3) is 0 Å². The lowest BCUT2D eigenvalue weighted by Gasteiger charge is -2.24.